The van der Waals surface area contributed by atoms with Gasteiger partial charge in [-0.1, -0.05) is 30.3 Å². The molecule has 1 amide bonds. The second-order valence-corrected chi connectivity index (χ2v) is 8.52. The zero-order valence-electron chi connectivity index (χ0n) is 17.9. The van der Waals surface area contributed by atoms with E-state index in [4.69, 9.17) is 4.74 Å². The second-order valence-electron chi connectivity index (χ2n) is 7.67. The molecule has 0 bridgehead atoms. The van der Waals surface area contributed by atoms with E-state index < -0.39 is 0 Å². The molecule has 0 unspecified atom stereocenters. The Morgan fingerprint density at radius 3 is 2.61 bits per heavy atom. The Morgan fingerprint density at radius 1 is 1.13 bits per heavy atom. The lowest BCUT2D eigenvalue weighted by atomic mass is 10.0. The molecule has 0 radical (unpaired) electrons. The van der Waals surface area contributed by atoms with Gasteiger partial charge in [0, 0.05) is 29.7 Å². The highest BCUT2D eigenvalue weighted by Crippen LogP contribution is 2.30. The van der Waals surface area contributed by atoms with Crippen molar-refractivity contribution in [1.82, 2.24) is 10.3 Å². The Hall–Kier alpha value is -2.99. The summed E-state index contributed by atoms with van der Waals surface area (Å²) in [7, 11) is 1.65. The third-order valence-electron chi connectivity index (χ3n) is 5.44. The largest absolute Gasteiger partial charge is 0.497 e. The van der Waals surface area contributed by atoms with Crippen LogP contribution in [0.4, 0.5) is 5.82 Å². The van der Waals surface area contributed by atoms with Gasteiger partial charge in [0.15, 0.2) is 0 Å². The molecule has 0 atom stereocenters. The number of hydrogen-bond donors (Lipinski definition) is 2. The fourth-order valence-corrected chi connectivity index (χ4v) is 4.02. The summed E-state index contributed by atoms with van der Waals surface area (Å²) in [6, 6.07) is 17.8. The van der Waals surface area contributed by atoms with Gasteiger partial charge < -0.3 is 15.4 Å². The van der Waals surface area contributed by atoms with Crippen molar-refractivity contribution in [2.45, 2.75) is 24.3 Å². The standard InChI is InChI=1S/C25H27N3O2S/c1-30-21-11-9-18(10-12-21)20-13-22(24(27-16-20)26-14-17-7-8-17)25(29)28-15-19-5-3-4-6-23(19)31-2/h3-6,9-13,16-17H,7-8,14-15H2,1-2H3,(H,26,27)(H,28,29). The van der Waals surface area contributed by atoms with Gasteiger partial charge in [-0.05, 0) is 60.4 Å². The molecule has 5 nitrogen and oxygen atoms in total. The highest BCUT2D eigenvalue weighted by atomic mass is 32.2. The van der Waals surface area contributed by atoms with Gasteiger partial charge in [0.2, 0.25) is 0 Å². The Bertz CT molecular complexity index is 1050. The van der Waals surface area contributed by atoms with Crippen LogP contribution in [-0.4, -0.2) is 30.8 Å². The Balaban J connectivity index is 1.57. The molecule has 4 rings (SSSR count). The van der Waals surface area contributed by atoms with Crippen LogP contribution in [0.2, 0.25) is 0 Å². The number of rotatable bonds is 9. The fraction of sp³-hybridized carbons (Fsp3) is 0.280. The number of nitrogens with zero attached hydrogens (tertiary/aromatic N) is 1. The zero-order chi connectivity index (χ0) is 21.6. The van der Waals surface area contributed by atoms with Crippen molar-refractivity contribution in [3.63, 3.8) is 0 Å². The number of pyridine rings is 1. The van der Waals surface area contributed by atoms with Crippen molar-refractivity contribution in [3.8, 4) is 16.9 Å². The number of ether oxygens (including phenoxy) is 1. The lowest BCUT2D eigenvalue weighted by molar-refractivity contribution is 0.0951. The Labute approximate surface area is 187 Å². The van der Waals surface area contributed by atoms with E-state index in [1.807, 2.05) is 61.0 Å². The number of carbonyl (C=O) groups is 1. The first kappa shape index (κ1) is 21.2. The summed E-state index contributed by atoms with van der Waals surface area (Å²) in [5, 5.41) is 6.46. The van der Waals surface area contributed by atoms with Crippen molar-refractivity contribution >= 4 is 23.5 Å². The number of nitrogens with one attached hydrogen (secondary N) is 2. The van der Waals surface area contributed by atoms with E-state index in [2.05, 4.69) is 21.7 Å². The summed E-state index contributed by atoms with van der Waals surface area (Å²) in [6.45, 7) is 1.33. The smallest absolute Gasteiger partial charge is 0.255 e. The monoisotopic (exact) mass is 433 g/mol. The number of thioether (sulfide) groups is 1. The van der Waals surface area contributed by atoms with Gasteiger partial charge in [0.25, 0.3) is 5.91 Å². The predicted molar refractivity (Wildman–Crippen MR) is 127 cm³/mol. The number of amides is 1. The van der Waals surface area contributed by atoms with Crippen LogP contribution in [0, 0.1) is 5.92 Å². The van der Waals surface area contributed by atoms with Crippen molar-refractivity contribution < 1.29 is 9.53 Å². The molecule has 1 aliphatic rings. The molecule has 1 saturated carbocycles. The minimum Gasteiger partial charge on any atom is -0.497 e. The van der Waals surface area contributed by atoms with E-state index >= 15 is 0 Å². The van der Waals surface area contributed by atoms with Gasteiger partial charge in [-0.25, -0.2) is 4.98 Å². The lowest BCUT2D eigenvalue weighted by Crippen LogP contribution is -2.25. The number of methoxy groups -OCH3 is 1. The SMILES string of the molecule is COc1ccc(-c2cnc(NCC3CC3)c(C(=O)NCc3ccccc3SC)c2)cc1. The Morgan fingerprint density at radius 2 is 1.90 bits per heavy atom. The van der Waals surface area contributed by atoms with Crippen LogP contribution in [0.15, 0.2) is 65.7 Å². The van der Waals surface area contributed by atoms with E-state index in [1.54, 1.807) is 18.9 Å². The van der Waals surface area contributed by atoms with Gasteiger partial charge in [0.05, 0.1) is 12.7 Å². The van der Waals surface area contributed by atoms with Crippen LogP contribution >= 0.6 is 11.8 Å². The third kappa shape index (κ3) is 5.39. The number of benzene rings is 2. The topological polar surface area (TPSA) is 63.2 Å². The van der Waals surface area contributed by atoms with Crippen LogP contribution in [0.3, 0.4) is 0 Å². The first-order valence-corrected chi connectivity index (χ1v) is 11.7. The number of anilines is 1. The molecule has 0 spiro atoms. The van der Waals surface area contributed by atoms with Crippen LogP contribution in [0.5, 0.6) is 5.75 Å². The lowest BCUT2D eigenvalue weighted by Gasteiger charge is -2.14. The quantitative estimate of drug-likeness (QED) is 0.452. The maximum absolute atomic E-state index is 13.2. The van der Waals surface area contributed by atoms with Crippen LogP contribution in [-0.2, 0) is 6.54 Å². The number of aromatic nitrogens is 1. The van der Waals surface area contributed by atoms with E-state index in [-0.39, 0.29) is 5.91 Å². The molecule has 2 aromatic carbocycles. The summed E-state index contributed by atoms with van der Waals surface area (Å²) in [5.41, 5.74) is 3.56. The average Bonchev–Trinajstić information content (AvgIpc) is 3.66. The zero-order valence-corrected chi connectivity index (χ0v) is 18.7. The van der Waals surface area contributed by atoms with Gasteiger partial charge in [-0.15, -0.1) is 11.8 Å². The summed E-state index contributed by atoms with van der Waals surface area (Å²) in [5.74, 6) is 1.99. The molecule has 0 saturated heterocycles. The second kappa shape index (κ2) is 9.88. The van der Waals surface area contributed by atoms with Crippen molar-refractivity contribution in [2.24, 2.45) is 5.92 Å². The summed E-state index contributed by atoms with van der Waals surface area (Å²) >= 11 is 1.68. The molecule has 6 heteroatoms. The molecular weight excluding hydrogens is 406 g/mol. The number of hydrogen-bond acceptors (Lipinski definition) is 5. The minimum atomic E-state index is -0.128. The summed E-state index contributed by atoms with van der Waals surface area (Å²) in [6.07, 6.45) is 6.34. The normalized spacial score (nSPS) is 13.0. The highest BCUT2D eigenvalue weighted by molar-refractivity contribution is 7.98. The average molecular weight is 434 g/mol. The summed E-state index contributed by atoms with van der Waals surface area (Å²) < 4.78 is 5.25. The molecule has 31 heavy (non-hydrogen) atoms. The molecule has 3 aromatic rings. The molecule has 1 heterocycles. The van der Waals surface area contributed by atoms with Gasteiger partial charge in [-0.3, -0.25) is 4.79 Å². The predicted octanol–water partition coefficient (Wildman–Crippen LogP) is 5.23. The van der Waals surface area contributed by atoms with E-state index in [0.29, 0.717) is 23.8 Å². The fourth-order valence-electron chi connectivity index (χ4n) is 3.40. The van der Waals surface area contributed by atoms with Crippen LogP contribution < -0.4 is 15.4 Å². The van der Waals surface area contributed by atoms with Gasteiger partial charge in [-0.2, -0.15) is 0 Å². The van der Waals surface area contributed by atoms with Crippen LogP contribution in [0.1, 0.15) is 28.8 Å². The molecule has 1 aliphatic carbocycles. The van der Waals surface area contributed by atoms with Crippen molar-refractivity contribution in [1.29, 1.82) is 0 Å². The molecular formula is C25H27N3O2S. The Kier molecular flexibility index (Phi) is 6.77. The maximum atomic E-state index is 13.2. The molecule has 1 aromatic heterocycles. The van der Waals surface area contributed by atoms with E-state index in [0.717, 1.165) is 29.0 Å². The first-order valence-electron chi connectivity index (χ1n) is 10.5. The molecule has 2 N–H and O–H groups in total. The number of carbonyl (C=O) groups excluding carboxylic acids is 1. The van der Waals surface area contributed by atoms with Gasteiger partial charge >= 0.3 is 0 Å². The van der Waals surface area contributed by atoms with E-state index in [9.17, 15) is 4.79 Å². The van der Waals surface area contributed by atoms with Gasteiger partial charge in [0.1, 0.15) is 11.6 Å². The maximum Gasteiger partial charge on any atom is 0.255 e. The van der Waals surface area contributed by atoms with Crippen molar-refractivity contribution in [2.75, 3.05) is 25.2 Å². The highest BCUT2D eigenvalue weighted by Gasteiger charge is 2.22. The van der Waals surface area contributed by atoms with Crippen molar-refractivity contribution in [3.05, 3.63) is 71.9 Å². The first-order chi connectivity index (χ1) is 15.2. The molecule has 0 aliphatic heterocycles. The minimum absolute atomic E-state index is 0.128. The van der Waals surface area contributed by atoms with E-state index in [1.165, 1.54) is 17.7 Å². The summed E-state index contributed by atoms with van der Waals surface area (Å²) in [4.78, 5) is 18.9. The van der Waals surface area contributed by atoms with Crippen LogP contribution in [0.25, 0.3) is 11.1 Å². The molecule has 1 fully saturated rings. The molecule has 160 valence electrons. The third-order valence-corrected chi connectivity index (χ3v) is 6.28.